The number of carbonyl (C=O) groups is 1. The maximum Gasteiger partial charge on any atom is 0.356 e. The highest BCUT2D eigenvalue weighted by molar-refractivity contribution is 7.92. The first-order valence-corrected chi connectivity index (χ1v) is 14.2. The summed E-state index contributed by atoms with van der Waals surface area (Å²) in [6.07, 6.45) is 3.22. The maximum atomic E-state index is 12.6. The molecule has 0 spiro atoms. The van der Waals surface area contributed by atoms with Gasteiger partial charge in [-0.3, -0.25) is 4.72 Å². The van der Waals surface area contributed by atoms with Crippen LogP contribution in [0.3, 0.4) is 0 Å². The zero-order valence-corrected chi connectivity index (χ0v) is 23.0. The van der Waals surface area contributed by atoms with Gasteiger partial charge in [-0.15, -0.1) is 0 Å². The number of sulfonamides is 1. The lowest BCUT2D eigenvalue weighted by molar-refractivity contribution is 0.0519. The van der Waals surface area contributed by atoms with Gasteiger partial charge in [-0.05, 0) is 63.1 Å². The summed E-state index contributed by atoms with van der Waals surface area (Å²) in [5.41, 5.74) is 2.34. The smallest absolute Gasteiger partial charge is 0.356 e. The first-order chi connectivity index (χ1) is 18.6. The van der Waals surface area contributed by atoms with E-state index in [1.807, 2.05) is 18.4 Å². The number of hydrogen-bond acceptors (Lipinski definition) is 8. The van der Waals surface area contributed by atoms with E-state index >= 15 is 0 Å². The molecule has 2 aromatic heterocycles. The van der Waals surface area contributed by atoms with Gasteiger partial charge < -0.3 is 19.7 Å². The molecule has 0 saturated carbocycles. The number of aromatic nitrogens is 3. The second kappa shape index (κ2) is 11.9. The molecule has 206 valence electrons. The van der Waals surface area contributed by atoms with Gasteiger partial charge in [0.25, 0.3) is 10.0 Å². The van der Waals surface area contributed by atoms with E-state index in [9.17, 15) is 18.3 Å². The number of nitrogens with zero attached hydrogens (tertiary/aromatic N) is 3. The Labute approximate surface area is 228 Å². The fourth-order valence-corrected chi connectivity index (χ4v) is 5.12. The standard InChI is InChI=1S/C28H33N5O5S/c1-4-38-27(35)24-16-23-25(17-29-24)33(19-30-23)14-13-28(2,3)31-18-26(34)20-9-8-10-21(15-20)32-39(36,37)22-11-6-5-7-12-22/h5-12,15-17,19,26,31-32,34H,4,13-14,18H2,1-3H3/t26-/m0/s1. The quantitative estimate of drug-likeness (QED) is 0.226. The minimum absolute atomic E-state index is 0.167. The van der Waals surface area contributed by atoms with Crippen LogP contribution in [-0.4, -0.2) is 52.7 Å². The summed E-state index contributed by atoms with van der Waals surface area (Å²) < 4.78 is 34.8. The number of fused-ring (bicyclic) bond motifs is 1. The predicted molar refractivity (Wildman–Crippen MR) is 149 cm³/mol. The Bertz CT molecular complexity index is 1540. The molecule has 1 atom stereocenters. The fraction of sp³-hybridized carbons (Fsp3) is 0.321. The van der Waals surface area contributed by atoms with Gasteiger partial charge in [0.15, 0.2) is 5.69 Å². The molecule has 0 aliphatic rings. The van der Waals surface area contributed by atoms with Gasteiger partial charge in [-0.1, -0.05) is 30.3 Å². The largest absolute Gasteiger partial charge is 0.461 e. The number of imidazole rings is 1. The molecule has 2 heterocycles. The van der Waals surface area contributed by atoms with Gasteiger partial charge >= 0.3 is 5.97 Å². The van der Waals surface area contributed by atoms with Crippen LogP contribution in [0, 0.1) is 0 Å². The van der Waals surface area contributed by atoms with Crippen molar-refractivity contribution in [3.8, 4) is 0 Å². The first-order valence-electron chi connectivity index (χ1n) is 12.7. The third-order valence-corrected chi connectivity index (χ3v) is 7.72. The molecule has 2 aromatic carbocycles. The van der Waals surface area contributed by atoms with Gasteiger partial charge in [-0.25, -0.2) is 23.2 Å². The molecule has 0 unspecified atom stereocenters. The number of anilines is 1. The summed E-state index contributed by atoms with van der Waals surface area (Å²) in [7, 11) is -3.73. The number of aliphatic hydroxyl groups excluding tert-OH is 1. The number of carbonyl (C=O) groups excluding carboxylic acids is 1. The van der Waals surface area contributed by atoms with Crippen LogP contribution >= 0.6 is 0 Å². The van der Waals surface area contributed by atoms with Crippen molar-refractivity contribution in [1.82, 2.24) is 19.9 Å². The van der Waals surface area contributed by atoms with Gasteiger partial charge in [0.1, 0.15) is 0 Å². The van der Waals surface area contributed by atoms with Crippen molar-refractivity contribution >= 4 is 32.7 Å². The van der Waals surface area contributed by atoms with Gasteiger partial charge in [0.05, 0.1) is 41.2 Å². The molecule has 0 bridgehead atoms. The van der Waals surface area contributed by atoms with Crippen LogP contribution in [0.25, 0.3) is 11.0 Å². The topological polar surface area (TPSA) is 135 Å². The summed E-state index contributed by atoms with van der Waals surface area (Å²) in [5, 5.41) is 14.2. The highest BCUT2D eigenvalue weighted by Crippen LogP contribution is 2.22. The minimum atomic E-state index is -3.73. The molecule has 0 saturated heterocycles. The molecule has 39 heavy (non-hydrogen) atoms. The van der Waals surface area contributed by atoms with Crippen LogP contribution < -0.4 is 10.0 Å². The number of aryl methyl sites for hydroxylation is 1. The number of hydrogen-bond donors (Lipinski definition) is 3. The van der Waals surface area contributed by atoms with E-state index in [4.69, 9.17) is 4.74 Å². The van der Waals surface area contributed by atoms with Gasteiger partial charge in [-0.2, -0.15) is 0 Å². The molecule has 0 amide bonds. The molecule has 3 N–H and O–H groups in total. The highest BCUT2D eigenvalue weighted by Gasteiger charge is 2.21. The number of β-amino-alcohol motifs (C(OH)–C–C–N with tert-alkyl or cyclic N) is 1. The SMILES string of the molecule is CCOC(=O)c1cc2ncn(CCC(C)(C)NC[C@H](O)c3cccc(NS(=O)(=O)c4ccccc4)c3)c2cn1. The summed E-state index contributed by atoms with van der Waals surface area (Å²) in [5.74, 6) is -0.475. The zero-order chi connectivity index (χ0) is 28.0. The highest BCUT2D eigenvalue weighted by atomic mass is 32.2. The van der Waals surface area contributed by atoms with Crippen molar-refractivity contribution in [3.05, 3.63) is 84.4 Å². The molecule has 0 aliphatic heterocycles. The molecule has 0 aliphatic carbocycles. The Kier molecular flexibility index (Phi) is 8.63. The number of benzene rings is 2. The Morgan fingerprint density at radius 1 is 1.10 bits per heavy atom. The normalized spacial score (nSPS) is 12.8. The van der Waals surface area contributed by atoms with E-state index in [0.29, 0.717) is 23.3 Å². The van der Waals surface area contributed by atoms with E-state index in [1.54, 1.807) is 68.0 Å². The molecule has 0 radical (unpaired) electrons. The van der Waals surface area contributed by atoms with Crippen LogP contribution in [0.1, 0.15) is 49.3 Å². The third-order valence-electron chi connectivity index (χ3n) is 6.32. The van der Waals surface area contributed by atoms with E-state index in [1.165, 1.54) is 12.1 Å². The molecule has 4 aromatic rings. The summed E-state index contributed by atoms with van der Waals surface area (Å²) in [6.45, 7) is 7.03. The van der Waals surface area contributed by atoms with Crippen LogP contribution in [0.4, 0.5) is 5.69 Å². The molecule has 4 rings (SSSR count). The number of esters is 1. The predicted octanol–water partition coefficient (Wildman–Crippen LogP) is 3.90. The minimum Gasteiger partial charge on any atom is -0.461 e. The molecule has 0 fully saturated rings. The van der Waals surface area contributed by atoms with Crippen molar-refractivity contribution in [2.75, 3.05) is 17.9 Å². The number of ether oxygens (including phenoxy) is 1. The van der Waals surface area contributed by atoms with Crippen LogP contribution in [0.5, 0.6) is 0 Å². The average molecular weight is 552 g/mol. The lowest BCUT2D eigenvalue weighted by atomic mass is 9.99. The second-order valence-corrected chi connectivity index (χ2v) is 11.5. The van der Waals surface area contributed by atoms with E-state index < -0.39 is 22.1 Å². The van der Waals surface area contributed by atoms with Crippen LogP contribution in [-0.2, 0) is 21.3 Å². The second-order valence-electron chi connectivity index (χ2n) is 9.79. The summed E-state index contributed by atoms with van der Waals surface area (Å²) in [4.78, 5) is 20.7. The molecule has 11 heteroatoms. The molecule has 10 nitrogen and oxygen atoms in total. The lowest BCUT2D eigenvalue weighted by Crippen LogP contribution is -2.42. The Morgan fingerprint density at radius 3 is 2.62 bits per heavy atom. The summed E-state index contributed by atoms with van der Waals surface area (Å²) >= 11 is 0. The van der Waals surface area contributed by atoms with Crippen molar-refractivity contribution in [1.29, 1.82) is 0 Å². The lowest BCUT2D eigenvalue weighted by Gasteiger charge is -2.28. The number of nitrogens with one attached hydrogen (secondary N) is 2. The Morgan fingerprint density at radius 2 is 1.87 bits per heavy atom. The first kappa shape index (κ1) is 28.2. The van der Waals surface area contributed by atoms with Crippen molar-refractivity contribution in [3.63, 3.8) is 0 Å². The Hall–Kier alpha value is -3.80. The molecular formula is C28H33N5O5S. The van der Waals surface area contributed by atoms with E-state index in [2.05, 4.69) is 20.0 Å². The monoisotopic (exact) mass is 551 g/mol. The van der Waals surface area contributed by atoms with Crippen LogP contribution in [0.15, 0.2) is 78.1 Å². The van der Waals surface area contributed by atoms with E-state index in [0.717, 1.165) is 11.9 Å². The number of rotatable bonds is 12. The average Bonchev–Trinajstić information content (AvgIpc) is 3.33. The van der Waals surface area contributed by atoms with Crippen molar-refractivity contribution in [2.45, 2.75) is 50.3 Å². The van der Waals surface area contributed by atoms with Crippen LogP contribution in [0.2, 0.25) is 0 Å². The molecular weight excluding hydrogens is 518 g/mol. The zero-order valence-electron chi connectivity index (χ0n) is 22.2. The van der Waals surface area contributed by atoms with Gasteiger partial charge in [0.2, 0.25) is 0 Å². The number of aliphatic hydroxyl groups is 1. The van der Waals surface area contributed by atoms with Crippen molar-refractivity contribution < 1.29 is 23.1 Å². The Balaban J connectivity index is 1.34. The third kappa shape index (κ3) is 7.20. The van der Waals surface area contributed by atoms with Gasteiger partial charge in [0, 0.05) is 24.3 Å². The van der Waals surface area contributed by atoms with E-state index in [-0.39, 0.29) is 29.3 Å². The van der Waals surface area contributed by atoms with Crippen molar-refractivity contribution in [2.24, 2.45) is 0 Å². The maximum absolute atomic E-state index is 12.6. The number of pyridine rings is 1. The fourth-order valence-electron chi connectivity index (χ4n) is 4.05. The summed E-state index contributed by atoms with van der Waals surface area (Å²) in [6, 6.07) is 16.5.